The monoisotopic (exact) mass is 278 g/mol. The molecular formula is C13H14N2O3S. The number of carbonyl (C=O) groups is 2. The minimum absolute atomic E-state index is 0.0829. The Morgan fingerprint density at radius 1 is 1.42 bits per heavy atom. The van der Waals surface area contributed by atoms with Gasteiger partial charge in [-0.2, -0.15) is 0 Å². The molecule has 1 heterocycles. The molecule has 0 unspecified atom stereocenters. The second kappa shape index (κ2) is 4.97. The third kappa shape index (κ3) is 2.58. The van der Waals surface area contributed by atoms with Gasteiger partial charge in [-0.05, 0) is 37.7 Å². The van der Waals surface area contributed by atoms with Crippen LogP contribution in [0.2, 0.25) is 0 Å². The molecule has 1 aliphatic rings. The van der Waals surface area contributed by atoms with E-state index in [0.717, 1.165) is 0 Å². The summed E-state index contributed by atoms with van der Waals surface area (Å²) in [7, 11) is 0. The number of carbonyl (C=O) groups excluding carboxylic acids is 1. The lowest BCUT2D eigenvalue weighted by molar-refractivity contribution is -0.137. The maximum Gasteiger partial charge on any atom is 0.303 e. The van der Waals surface area contributed by atoms with Crippen molar-refractivity contribution in [2.75, 3.05) is 4.90 Å². The summed E-state index contributed by atoms with van der Waals surface area (Å²) in [5.74, 6) is -1.15. The number of aliphatic carboxylic acids is 1. The molecule has 1 fully saturated rings. The van der Waals surface area contributed by atoms with Gasteiger partial charge in [0.1, 0.15) is 5.54 Å². The summed E-state index contributed by atoms with van der Waals surface area (Å²) in [4.78, 5) is 24.5. The van der Waals surface area contributed by atoms with Crippen molar-refractivity contribution in [3.63, 3.8) is 0 Å². The fourth-order valence-corrected chi connectivity index (χ4v) is 2.44. The van der Waals surface area contributed by atoms with E-state index in [0.29, 0.717) is 10.8 Å². The average molecular weight is 278 g/mol. The first kappa shape index (κ1) is 13.5. The van der Waals surface area contributed by atoms with E-state index in [1.54, 1.807) is 19.1 Å². The highest BCUT2D eigenvalue weighted by molar-refractivity contribution is 7.80. The van der Waals surface area contributed by atoms with Gasteiger partial charge in [0.15, 0.2) is 5.11 Å². The molecule has 0 bridgehead atoms. The molecule has 0 spiro atoms. The number of hydrogen-bond acceptors (Lipinski definition) is 3. The van der Waals surface area contributed by atoms with Crippen LogP contribution in [0.5, 0.6) is 0 Å². The second-order valence-corrected chi connectivity index (χ2v) is 5.02. The van der Waals surface area contributed by atoms with E-state index in [1.807, 2.05) is 18.2 Å². The summed E-state index contributed by atoms with van der Waals surface area (Å²) >= 11 is 5.17. The summed E-state index contributed by atoms with van der Waals surface area (Å²) in [5, 5.41) is 12.0. The molecule has 1 aromatic rings. The summed E-state index contributed by atoms with van der Waals surface area (Å²) in [6.45, 7) is 1.67. The molecule has 2 N–H and O–H groups in total. The van der Waals surface area contributed by atoms with E-state index < -0.39 is 11.5 Å². The van der Waals surface area contributed by atoms with E-state index in [1.165, 1.54) is 4.90 Å². The number of para-hydroxylation sites is 1. The molecule has 5 nitrogen and oxygen atoms in total. The molecule has 0 aliphatic carbocycles. The SMILES string of the molecule is C[C@@]1(CCC(=O)O)NC(=S)N(c2ccccc2)C1=O. The number of carboxylic acids is 1. The normalized spacial score (nSPS) is 22.5. The van der Waals surface area contributed by atoms with Crippen LogP contribution in [0, 0.1) is 0 Å². The van der Waals surface area contributed by atoms with Gasteiger partial charge in [-0.25, -0.2) is 0 Å². The van der Waals surface area contributed by atoms with Crippen LogP contribution in [0.4, 0.5) is 5.69 Å². The largest absolute Gasteiger partial charge is 0.481 e. The van der Waals surface area contributed by atoms with E-state index in [9.17, 15) is 9.59 Å². The summed E-state index contributed by atoms with van der Waals surface area (Å²) in [6, 6.07) is 9.06. The molecule has 1 saturated heterocycles. The van der Waals surface area contributed by atoms with Gasteiger partial charge in [0.25, 0.3) is 5.91 Å². The van der Waals surface area contributed by atoms with Gasteiger partial charge < -0.3 is 10.4 Å². The molecule has 19 heavy (non-hydrogen) atoms. The first-order valence-electron chi connectivity index (χ1n) is 5.87. The molecule has 2 rings (SSSR count). The van der Waals surface area contributed by atoms with Gasteiger partial charge in [-0.1, -0.05) is 18.2 Å². The van der Waals surface area contributed by atoms with Gasteiger partial charge in [0, 0.05) is 6.42 Å². The maximum atomic E-state index is 12.4. The zero-order valence-electron chi connectivity index (χ0n) is 10.4. The quantitative estimate of drug-likeness (QED) is 0.817. The van der Waals surface area contributed by atoms with Gasteiger partial charge in [0.05, 0.1) is 5.69 Å². The van der Waals surface area contributed by atoms with Crippen molar-refractivity contribution in [2.45, 2.75) is 25.3 Å². The van der Waals surface area contributed by atoms with Crippen LogP contribution in [-0.2, 0) is 9.59 Å². The molecule has 100 valence electrons. The fraction of sp³-hybridized carbons (Fsp3) is 0.308. The summed E-state index contributed by atoms with van der Waals surface area (Å²) in [6.07, 6.45) is 0.116. The van der Waals surface area contributed by atoms with E-state index in [4.69, 9.17) is 17.3 Å². The number of anilines is 1. The van der Waals surface area contributed by atoms with Crippen molar-refractivity contribution in [2.24, 2.45) is 0 Å². The Bertz CT molecular complexity index is 532. The highest BCUT2D eigenvalue weighted by Gasteiger charge is 2.46. The van der Waals surface area contributed by atoms with Gasteiger partial charge in [-0.3, -0.25) is 14.5 Å². The van der Waals surface area contributed by atoms with Crippen molar-refractivity contribution in [3.8, 4) is 0 Å². The van der Waals surface area contributed by atoms with Crippen LogP contribution in [0.1, 0.15) is 19.8 Å². The highest BCUT2D eigenvalue weighted by atomic mass is 32.1. The summed E-state index contributed by atoms with van der Waals surface area (Å²) in [5.41, 5.74) is -0.269. The van der Waals surface area contributed by atoms with Crippen LogP contribution in [0.15, 0.2) is 30.3 Å². The smallest absolute Gasteiger partial charge is 0.303 e. The van der Waals surface area contributed by atoms with E-state index in [2.05, 4.69) is 5.32 Å². The van der Waals surface area contributed by atoms with Crippen molar-refractivity contribution in [1.82, 2.24) is 5.32 Å². The fourth-order valence-electron chi connectivity index (χ4n) is 2.02. The third-order valence-corrected chi connectivity index (χ3v) is 3.40. The van der Waals surface area contributed by atoms with Crippen LogP contribution in [0.3, 0.4) is 0 Å². The van der Waals surface area contributed by atoms with Crippen LogP contribution >= 0.6 is 12.2 Å². The van der Waals surface area contributed by atoms with Crippen LogP contribution < -0.4 is 10.2 Å². The Labute approximate surface area is 116 Å². The lowest BCUT2D eigenvalue weighted by Crippen LogP contribution is -2.44. The standard InChI is InChI=1S/C13H14N2O3S/c1-13(8-7-10(16)17)11(18)15(12(19)14-13)9-5-3-2-4-6-9/h2-6H,7-8H2,1H3,(H,14,19)(H,16,17)/t13-/m0/s1. The zero-order chi connectivity index (χ0) is 14.0. The molecule has 0 saturated carbocycles. The Morgan fingerprint density at radius 2 is 2.05 bits per heavy atom. The van der Waals surface area contributed by atoms with Crippen molar-refractivity contribution >= 4 is 34.9 Å². The van der Waals surface area contributed by atoms with Gasteiger partial charge >= 0.3 is 5.97 Å². The predicted molar refractivity (Wildman–Crippen MR) is 74.9 cm³/mol. The average Bonchev–Trinajstić information content (AvgIpc) is 2.59. The highest BCUT2D eigenvalue weighted by Crippen LogP contribution is 2.27. The lowest BCUT2D eigenvalue weighted by Gasteiger charge is -2.21. The Hall–Kier alpha value is -1.95. The second-order valence-electron chi connectivity index (χ2n) is 4.63. The number of thiocarbonyl (C=S) groups is 1. The number of rotatable bonds is 4. The third-order valence-electron chi connectivity index (χ3n) is 3.11. The van der Waals surface area contributed by atoms with Crippen molar-refractivity contribution in [1.29, 1.82) is 0 Å². The van der Waals surface area contributed by atoms with Gasteiger partial charge in [0.2, 0.25) is 0 Å². The van der Waals surface area contributed by atoms with E-state index >= 15 is 0 Å². The Morgan fingerprint density at radius 3 is 2.63 bits per heavy atom. The van der Waals surface area contributed by atoms with E-state index in [-0.39, 0.29) is 18.7 Å². The molecule has 0 radical (unpaired) electrons. The van der Waals surface area contributed by atoms with Crippen molar-refractivity contribution in [3.05, 3.63) is 30.3 Å². The topological polar surface area (TPSA) is 69.6 Å². The number of nitrogens with one attached hydrogen (secondary N) is 1. The molecule has 1 atom stereocenters. The van der Waals surface area contributed by atoms with Crippen molar-refractivity contribution < 1.29 is 14.7 Å². The maximum absolute atomic E-state index is 12.4. The van der Waals surface area contributed by atoms with Crippen LogP contribution in [0.25, 0.3) is 0 Å². The minimum atomic E-state index is -0.953. The first-order chi connectivity index (χ1) is 8.94. The minimum Gasteiger partial charge on any atom is -0.481 e. The molecule has 6 heteroatoms. The zero-order valence-corrected chi connectivity index (χ0v) is 11.2. The van der Waals surface area contributed by atoms with Crippen LogP contribution in [-0.4, -0.2) is 27.6 Å². The molecular weight excluding hydrogens is 264 g/mol. The predicted octanol–water partition coefficient (Wildman–Crippen LogP) is 1.53. The van der Waals surface area contributed by atoms with Gasteiger partial charge in [-0.15, -0.1) is 0 Å². The molecule has 1 amide bonds. The number of amides is 1. The molecule has 1 aromatic carbocycles. The lowest BCUT2D eigenvalue weighted by atomic mass is 9.96. The number of nitrogens with zero attached hydrogens (tertiary/aromatic N) is 1. The Balaban J connectivity index is 2.23. The number of carboxylic acid groups (broad SMARTS) is 1. The Kier molecular flexibility index (Phi) is 3.53. The molecule has 0 aromatic heterocycles. The summed E-state index contributed by atoms with van der Waals surface area (Å²) < 4.78 is 0. The number of hydrogen-bond donors (Lipinski definition) is 2. The first-order valence-corrected chi connectivity index (χ1v) is 6.28. The molecule has 1 aliphatic heterocycles. The number of benzene rings is 1.